The van der Waals surface area contributed by atoms with Gasteiger partial charge in [-0.3, -0.25) is 0 Å². The Balaban J connectivity index is 2.92. The molecule has 1 N–H and O–H groups in total. The van der Waals surface area contributed by atoms with Crippen molar-refractivity contribution in [1.29, 1.82) is 0 Å². The second kappa shape index (κ2) is 5.89. The highest BCUT2D eigenvalue weighted by Crippen LogP contribution is 2.22. The number of nitrogens with one attached hydrogen (secondary N) is 1. The third-order valence-electron chi connectivity index (χ3n) is 2.56. The first-order chi connectivity index (χ1) is 8.27. The largest absolute Gasteiger partial charge is 0.246 e. The summed E-state index contributed by atoms with van der Waals surface area (Å²) in [7, 11) is -1.30. The minimum Gasteiger partial charge on any atom is -0.246 e. The van der Waals surface area contributed by atoms with Crippen LogP contribution in [0.4, 0.5) is 8.78 Å². The lowest BCUT2D eigenvalue weighted by Gasteiger charge is -2.22. The molecule has 18 heavy (non-hydrogen) atoms. The maximum atomic E-state index is 13.9. The molecular weight excluding hydrogens is 256 g/mol. The Hall–Kier alpha value is -0.810. The Morgan fingerprint density at radius 1 is 1.39 bits per heavy atom. The summed E-state index contributed by atoms with van der Waals surface area (Å²) >= 11 is 0. The molecule has 1 aromatic carbocycles. The molecule has 0 aromatic heterocycles. The van der Waals surface area contributed by atoms with Gasteiger partial charge in [0.05, 0.1) is 15.7 Å². The SMILES string of the molecule is C[C@@H](NS(=O)C(C)(C)C)c1cccc(CF)c1F. The average Bonchev–Trinajstić information content (AvgIpc) is 2.27. The standard InChI is InChI=1S/C13H19F2NOS/c1-9(16-18(17)13(2,3)4)11-7-5-6-10(8-14)12(11)15/h5-7,9,16H,8H2,1-4H3/t9-,18?/m1/s1. The van der Waals surface area contributed by atoms with Gasteiger partial charge >= 0.3 is 0 Å². The van der Waals surface area contributed by atoms with E-state index in [9.17, 15) is 13.0 Å². The summed E-state index contributed by atoms with van der Waals surface area (Å²) in [4.78, 5) is 0. The number of hydrogen-bond acceptors (Lipinski definition) is 1. The monoisotopic (exact) mass is 275 g/mol. The van der Waals surface area contributed by atoms with E-state index in [0.29, 0.717) is 5.56 Å². The van der Waals surface area contributed by atoms with Crippen molar-refractivity contribution in [3.05, 3.63) is 35.1 Å². The van der Waals surface area contributed by atoms with Crippen LogP contribution in [0.2, 0.25) is 0 Å². The number of halogens is 2. The summed E-state index contributed by atoms with van der Waals surface area (Å²) in [6, 6.07) is 4.15. The molecule has 1 rings (SSSR count). The van der Waals surface area contributed by atoms with Crippen molar-refractivity contribution < 1.29 is 13.0 Å². The molecule has 2 atom stereocenters. The van der Waals surface area contributed by atoms with Crippen LogP contribution in [0.5, 0.6) is 0 Å². The van der Waals surface area contributed by atoms with Gasteiger partial charge in [-0.15, -0.1) is 0 Å². The van der Waals surface area contributed by atoms with E-state index in [4.69, 9.17) is 0 Å². The summed E-state index contributed by atoms with van der Waals surface area (Å²) < 4.78 is 40.8. The summed E-state index contributed by atoms with van der Waals surface area (Å²) in [5.74, 6) is -0.564. The van der Waals surface area contributed by atoms with E-state index in [1.807, 2.05) is 20.8 Å². The first kappa shape index (κ1) is 15.2. The lowest BCUT2D eigenvalue weighted by atomic mass is 10.1. The highest BCUT2D eigenvalue weighted by atomic mass is 32.2. The van der Waals surface area contributed by atoms with E-state index in [0.717, 1.165) is 0 Å². The van der Waals surface area contributed by atoms with Gasteiger partial charge in [-0.05, 0) is 27.7 Å². The first-order valence-corrected chi connectivity index (χ1v) is 6.93. The second-order valence-corrected chi connectivity index (χ2v) is 7.17. The van der Waals surface area contributed by atoms with Crippen molar-refractivity contribution in [1.82, 2.24) is 4.72 Å². The molecule has 102 valence electrons. The van der Waals surface area contributed by atoms with Crippen LogP contribution in [0.1, 0.15) is 44.9 Å². The number of rotatable bonds is 4. The van der Waals surface area contributed by atoms with Gasteiger partial charge in [-0.25, -0.2) is 17.7 Å². The molecule has 0 heterocycles. The normalized spacial score (nSPS) is 15.4. The average molecular weight is 275 g/mol. The highest BCUT2D eigenvalue weighted by Gasteiger charge is 2.23. The van der Waals surface area contributed by atoms with Crippen LogP contribution in [-0.4, -0.2) is 8.96 Å². The van der Waals surface area contributed by atoms with E-state index < -0.39 is 34.3 Å². The van der Waals surface area contributed by atoms with Crippen LogP contribution in [0.3, 0.4) is 0 Å². The Labute approximate surface area is 109 Å². The Morgan fingerprint density at radius 2 is 2.00 bits per heavy atom. The Morgan fingerprint density at radius 3 is 2.50 bits per heavy atom. The van der Waals surface area contributed by atoms with Crippen molar-refractivity contribution >= 4 is 11.0 Å². The van der Waals surface area contributed by atoms with E-state index in [2.05, 4.69) is 4.72 Å². The fraction of sp³-hybridized carbons (Fsp3) is 0.538. The zero-order valence-electron chi connectivity index (χ0n) is 11.1. The molecule has 0 radical (unpaired) electrons. The van der Waals surface area contributed by atoms with Gasteiger partial charge in [0.25, 0.3) is 0 Å². The van der Waals surface area contributed by atoms with E-state index >= 15 is 0 Å². The summed E-state index contributed by atoms with van der Waals surface area (Å²) in [6.07, 6.45) is 0. The minimum atomic E-state index is -1.30. The van der Waals surface area contributed by atoms with Gasteiger partial charge in [-0.1, -0.05) is 18.2 Å². The van der Waals surface area contributed by atoms with Gasteiger partial charge in [0.1, 0.15) is 12.5 Å². The zero-order chi connectivity index (χ0) is 13.9. The Kier molecular flexibility index (Phi) is 4.99. The topological polar surface area (TPSA) is 29.1 Å². The minimum absolute atomic E-state index is 0.0303. The van der Waals surface area contributed by atoms with Gasteiger partial charge in [0.2, 0.25) is 0 Å². The molecule has 0 aliphatic rings. The molecule has 5 heteroatoms. The summed E-state index contributed by atoms with van der Waals surface area (Å²) in [5.41, 5.74) is 0.366. The van der Waals surface area contributed by atoms with Crippen molar-refractivity contribution in [3.8, 4) is 0 Å². The number of alkyl halides is 1. The van der Waals surface area contributed by atoms with Crippen molar-refractivity contribution in [2.75, 3.05) is 0 Å². The first-order valence-electron chi connectivity index (χ1n) is 5.78. The fourth-order valence-electron chi connectivity index (χ4n) is 1.44. The van der Waals surface area contributed by atoms with Gasteiger partial charge in [-0.2, -0.15) is 0 Å². The summed E-state index contributed by atoms with van der Waals surface area (Å²) in [6.45, 7) is 6.37. The molecule has 0 amide bonds. The third-order valence-corrected chi connectivity index (χ3v) is 4.24. The van der Waals surface area contributed by atoms with E-state index in [1.54, 1.807) is 19.1 Å². The zero-order valence-corrected chi connectivity index (χ0v) is 11.9. The van der Waals surface area contributed by atoms with Gasteiger partial charge in [0, 0.05) is 17.2 Å². The fourth-order valence-corrected chi connectivity index (χ4v) is 2.24. The Bertz CT molecular complexity index is 443. The van der Waals surface area contributed by atoms with Crippen LogP contribution in [0, 0.1) is 5.82 Å². The summed E-state index contributed by atoms with van der Waals surface area (Å²) in [5, 5.41) is 0. The molecule has 1 aromatic rings. The molecular formula is C13H19F2NOS. The predicted molar refractivity (Wildman–Crippen MR) is 70.7 cm³/mol. The molecule has 0 bridgehead atoms. The van der Waals surface area contributed by atoms with Crippen LogP contribution in [0.25, 0.3) is 0 Å². The number of hydrogen-bond donors (Lipinski definition) is 1. The van der Waals surface area contributed by atoms with Crippen molar-refractivity contribution in [2.24, 2.45) is 0 Å². The number of benzene rings is 1. The molecule has 0 fully saturated rings. The lowest BCUT2D eigenvalue weighted by molar-refractivity contribution is 0.458. The van der Waals surface area contributed by atoms with Crippen molar-refractivity contribution in [3.63, 3.8) is 0 Å². The van der Waals surface area contributed by atoms with Gasteiger partial charge in [0.15, 0.2) is 0 Å². The van der Waals surface area contributed by atoms with E-state index in [1.165, 1.54) is 6.07 Å². The lowest BCUT2D eigenvalue weighted by Crippen LogP contribution is -2.35. The predicted octanol–water partition coefficient (Wildman–Crippen LogP) is 3.41. The molecule has 1 unspecified atom stereocenters. The van der Waals surface area contributed by atoms with Gasteiger partial charge < -0.3 is 0 Å². The second-order valence-electron chi connectivity index (χ2n) is 5.17. The van der Waals surface area contributed by atoms with Crippen LogP contribution in [-0.2, 0) is 17.7 Å². The van der Waals surface area contributed by atoms with E-state index in [-0.39, 0.29) is 5.56 Å². The maximum Gasteiger partial charge on any atom is 0.133 e. The van der Waals surface area contributed by atoms with Crippen LogP contribution in [0.15, 0.2) is 18.2 Å². The highest BCUT2D eigenvalue weighted by molar-refractivity contribution is 7.84. The van der Waals surface area contributed by atoms with Crippen LogP contribution >= 0.6 is 0 Å². The third kappa shape index (κ3) is 3.59. The molecule has 0 spiro atoms. The molecule has 0 aliphatic carbocycles. The molecule has 0 saturated heterocycles. The van der Waals surface area contributed by atoms with Crippen LogP contribution < -0.4 is 4.72 Å². The smallest absolute Gasteiger partial charge is 0.133 e. The molecule has 0 aliphatic heterocycles. The maximum absolute atomic E-state index is 13.9. The quantitative estimate of drug-likeness (QED) is 0.896. The molecule has 0 saturated carbocycles. The molecule has 2 nitrogen and oxygen atoms in total. The van der Waals surface area contributed by atoms with Crippen molar-refractivity contribution in [2.45, 2.75) is 45.2 Å².